The Morgan fingerprint density at radius 3 is 2.33 bits per heavy atom. The Hall–Kier alpha value is -3.41. The van der Waals surface area contributed by atoms with E-state index in [1.165, 1.54) is 0 Å². The predicted molar refractivity (Wildman–Crippen MR) is 104 cm³/mol. The van der Waals surface area contributed by atoms with Crippen molar-refractivity contribution in [3.63, 3.8) is 0 Å². The lowest BCUT2D eigenvalue weighted by molar-refractivity contribution is 0.0735. The Labute approximate surface area is 158 Å². The molecular weight excluding hydrogens is 340 g/mol. The fourth-order valence-corrected chi connectivity index (χ4v) is 2.77. The van der Waals surface area contributed by atoms with Gasteiger partial charge in [-0.25, -0.2) is 9.78 Å². The van der Waals surface area contributed by atoms with Gasteiger partial charge in [-0.05, 0) is 42.0 Å². The van der Waals surface area contributed by atoms with Crippen molar-refractivity contribution in [1.29, 1.82) is 5.41 Å². The molecular formula is C21H22N4O2. The zero-order chi connectivity index (χ0) is 19.4. The lowest BCUT2D eigenvalue weighted by atomic mass is 10.1. The molecule has 3 aromatic rings. The second-order valence-corrected chi connectivity index (χ2v) is 6.59. The molecule has 0 aliphatic carbocycles. The number of benzene rings is 2. The molecule has 0 atom stereocenters. The summed E-state index contributed by atoms with van der Waals surface area (Å²) >= 11 is 0. The van der Waals surface area contributed by atoms with Gasteiger partial charge < -0.3 is 15.0 Å². The van der Waals surface area contributed by atoms with Crippen LogP contribution in [0.2, 0.25) is 0 Å². The van der Waals surface area contributed by atoms with Crippen LogP contribution in [-0.2, 0) is 6.54 Å². The van der Waals surface area contributed by atoms with Crippen LogP contribution in [-0.4, -0.2) is 21.4 Å². The van der Waals surface area contributed by atoms with Gasteiger partial charge in [-0.15, -0.1) is 0 Å². The zero-order valence-electron chi connectivity index (χ0n) is 15.3. The Balaban J connectivity index is 1.66. The molecule has 0 spiro atoms. The van der Waals surface area contributed by atoms with Crippen LogP contribution in [0.5, 0.6) is 5.75 Å². The van der Waals surface area contributed by atoms with Gasteiger partial charge >= 0.3 is 5.97 Å². The van der Waals surface area contributed by atoms with Crippen LogP contribution in [0.3, 0.4) is 0 Å². The Kier molecular flexibility index (Phi) is 5.35. The molecule has 0 bridgehead atoms. The minimum Gasteiger partial charge on any atom is -0.423 e. The number of esters is 1. The maximum absolute atomic E-state index is 12.3. The quantitative estimate of drug-likeness (QED) is 0.303. The van der Waals surface area contributed by atoms with Crippen molar-refractivity contribution in [2.24, 2.45) is 5.73 Å². The lowest BCUT2D eigenvalue weighted by Crippen LogP contribution is -2.12. The SMILES string of the molecule is CC(C)c1nccn1Cc1ccc(C(=O)Oc2ccc(C(=N)N)cc2)cc1. The summed E-state index contributed by atoms with van der Waals surface area (Å²) in [7, 11) is 0. The minimum absolute atomic E-state index is 0.0259. The second kappa shape index (κ2) is 7.86. The number of nitrogen functional groups attached to an aromatic ring is 1. The highest BCUT2D eigenvalue weighted by atomic mass is 16.5. The largest absolute Gasteiger partial charge is 0.423 e. The van der Waals surface area contributed by atoms with Crippen molar-refractivity contribution in [2.75, 3.05) is 0 Å². The van der Waals surface area contributed by atoms with Crippen LogP contribution in [0.1, 0.15) is 47.1 Å². The Bertz CT molecular complexity index is 941. The summed E-state index contributed by atoms with van der Waals surface area (Å²) in [6.45, 7) is 4.93. The van der Waals surface area contributed by atoms with E-state index in [9.17, 15) is 4.79 Å². The highest BCUT2D eigenvalue weighted by Gasteiger charge is 2.11. The fourth-order valence-electron chi connectivity index (χ4n) is 2.77. The van der Waals surface area contributed by atoms with E-state index in [0.717, 1.165) is 11.4 Å². The third-order valence-corrected chi connectivity index (χ3v) is 4.18. The van der Waals surface area contributed by atoms with Crippen molar-refractivity contribution in [3.8, 4) is 5.75 Å². The van der Waals surface area contributed by atoms with Gasteiger partial charge in [0.05, 0.1) is 5.56 Å². The van der Waals surface area contributed by atoms with Crippen LogP contribution >= 0.6 is 0 Å². The molecule has 6 heteroatoms. The van der Waals surface area contributed by atoms with Gasteiger partial charge in [0.25, 0.3) is 0 Å². The topological polar surface area (TPSA) is 94.0 Å². The maximum atomic E-state index is 12.3. The molecule has 0 unspecified atom stereocenters. The lowest BCUT2D eigenvalue weighted by Gasteiger charge is -2.11. The molecule has 3 N–H and O–H groups in total. The van der Waals surface area contributed by atoms with E-state index in [0.29, 0.717) is 29.3 Å². The van der Waals surface area contributed by atoms with E-state index in [1.54, 1.807) is 42.6 Å². The number of carbonyl (C=O) groups is 1. The monoisotopic (exact) mass is 362 g/mol. The van der Waals surface area contributed by atoms with Crippen LogP contribution in [0.4, 0.5) is 0 Å². The average molecular weight is 362 g/mol. The van der Waals surface area contributed by atoms with Crippen molar-refractivity contribution in [2.45, 2.75) is 26.3 Å². The summed E-state index contributed by atoms with van der Waals surface area (Å²) in [4.78, 5) is 16.7. The number of nitrogens with zero attached hydrogens (tertiary/aromatic N) is 2. The molecule has 0 amide bonds. The van der Waals surface area contributed by atoms with Crippen molar-refractivity contribution in [3.05, 3.63) is 83.4 Å². The number of rotatable bonds is 6. The summed E-state index contributed by atoms with van der Waals surface area (Å²) in [6, 6.07) is 13.9. The molecule has 0 aliphatic rings. The van der Waals surface area contributed by atoms with Crippen molar-refractivity contribution >= 4 is 11.8 Å². The van der Waals surface area contributed by atoms with E-state index >= 15 is 0 Å². The molecule has 1 aromatic heterocycles. The third kappa shape index (κ3) is 4.41. The summed E-state index contributed by atoms with van der Waals surface area (Å²) in [5, 5.41) is 7.37. The van der Waals surface area contributed by atoms with Crippen LogP contribution in [0.25, 0.3) is 0 Å². The number of ether oxygens (including phenoxy) is 1. The van der Waals surface area contributed by atoms with Gasteiger partial charge in [0, 0.05) is 30.4 Å². The van der Waals surface area contributed by atoms with E-state index in [2.05, 4.69) is 23.4 Å². The number of hydrogen-bond acceptors (Lipinski definition) is 4. The van der Waals surface area contributed by atoms with Crippen LogP contribution in [0.15, 0.2) is 60.9 Å². The van der Waals surface area contributed by atoms with Gasteiger partial charge in [0.1, 0.15) is 17.4 Å². The smallest absolute Gasteiger partial charge is 0.343 e. The fraction of sp³-hybridized carbons (Fsp3) is 0.190. The van der Waals surface area contributed by atoms with Gasteiger partial charge in [-0.2, -0.15) is 0 Å². The molecule has 27 heavy (non-hydrogen) atoms. The molecule has 0 radical (unpaired) electrons. The van der Waals surface area contributed by atoms with E-state index in [-0.39, 0.29) is 5.84 Å². The first-order valence-electron chi connectivity index (χ1n) is 8.70. The molecule has 0 aliphatic heterocycles. The van der Waals surface area contributed by atoms with Gasteiger partial charge in [0.2, 0.25) is 0 Å². The standard InChI is InChI=1S/C21H22N4O2/c1-14(2)20-24-11-12-25(20)13-15-3-5-17(6-4-15)21(26)27-18-9-7-16(8-10-18)19(22)23/h3-12,14H,13H2,1-2H3,(H3,22,23). The van der Waals surface area contributed by atoms with Crippen molar-refractivity contribution < 1.29 is 9.53 Å². The second-order valence-electron chi connectivity index (χ2n) is 6.59. The van der Waals surface area contributed by atoms with Gasteiger partial charge in [0.15, 0.2) is 0 Å². The number of carbonyl (C=O) groups excluding carboxylic acids is 1. The zero-order valence-corrected chi connectivity index (χ0v) is 15.3. The highest BCUT2D eigenvalue weighted by Crippen LogP contribution is 2.16. The number of aromatic nitrogens is 2. The van der Waals surface area contributed by atoms with Crippen LogP contribution in [0, 0.1) is 5.41 Å². The molecule has 1 heterocycles. The maximum Gasteiger partial charge on any atom is 0.343 e. The molecule has 0 saturated heterocycles. The van der Waals surface area contributed by atoms with E-state index in [1.807, 2.05) is 18.3 Å². The predicted octanol–water partition coefficient (Wildman–Crippen LogP) is 3.56. The number of imidazole rings is 1. The highest BCUT2D eigenvalue weighted by molar-refractivity contribution is 5.95. The minimum atomic E-state index is -0.428. The number of nitrogens with one attached hydrogen (secondary N) is 1. The third-order valence-electron chi connectivity index (χ3n) is 4.18. The Morgan fingerprint density at radius 2 is 1.74 bits per heavy atom. The molecule has 0 fully saturated rings. The van der Waals surface area contributed by atoms with E-state index < -0.39 is 5.97 Å². The van der Waals surface area contributed by atoms with Gasteiger partial charge in [-0.1, -0.05) is 26.0 Å². The summed E-state index contributed by atoms with van der Waals surface area (Å²) in [5.41, 5.74) is 7.55. The first-order chi connectivity index (χ1) is 12.9. The summed E-state index contributed by atoms with van der Waals surface area (Å²) < 4.78 is 7.47. The summed E-state index contributed by atoms with van der Waals surface area (Å²) in [5.74, 6) is 1.34. The number of amidine groups is 1. The number of nitrogens with two attached hydrogens (primary N) is 1. The first-order valence-corrected chi connectivity index (χ1v) is 8.70. The van der Waals surface area contributed by atoms with E-state index in [4.69, 9.17) is 15.9 Å². The Morgan fingerprint density at radius 1 is 1.11 bits per heavy atom. The molecule has 2 aromatic carbocycles. The molecule has 138 valence electrons. The molecule has 0 saturated carbocycles. The van der Waals surface area contributed by atoms with Crippen LogP contribution < -0.4 is 10.5 Å². The van der Waals surface area contributed by atoms with Crippen molar-refractivity contribution in [1.82, 2.24) is 9.55 Å². The molecule has 6 nitrogen and oxygen atoms in total. The molecule has 3 rings (SSSR count). The average Bonchev–Trinajstić information content (AvgIpc) is 3.11. The van der Waals surface area contributed by atoms with Gasteiger partial charge in [-0.3, -0.25) is 5.41 Å². The first kappa shape index (κ1) is 18.4. The number of hydrogen-bond donors (Lipinski definition) is 2. The summed E-state index contributed by atoms with van der Waals surface area (Å²) in [6.07, 6.45) is 3.76. The normalized spacial score (nSPS) is 10.8.